The van der Waals surface area contributed by atoms with Crippen LogP contribution < -0.4 is 5.32 Å². The Kier molecular flexibility index (Phi) is 5.30. The highest BCUT2D eigenvalue weighted by atomic mass is 79.9. The molecule has 0 aliphatic rings. The molecule has 0 bridgehead atoms. The van der Waals surface area contributed by atoms with Crippen molar-refractivity contribution in [1.29, 1.82) is 0 Å². The second-order valence-electron chi connectivity index (χ2n) is 3.73. The van der Waals surface area contributed by atoms with Gasteiger partial charge in [0.25, 0.3) is 0 Å². The van der Waals surface area contributed by atoms with Gasteiger partial charge in [0, 0.05) is 30.1 Å². The summed E-state index contributed by atoms with van der Waals surface area (Å²) in [6, 6.07) is 12.3. The summed E-state index contributed by atoms with van der Waals surface area (Å²) in [6.07, 6.45) is 0. The highest BCUT2D eigenvalue weighted by molar-refractivity contribution is 9.13. The number of hydrogen-bond acceptors (Lipinski definition) is 1. The lowest BCUT2D eigenvalue weighted by atomic mass is 10.2. The van der Waals surface area contributed by atoms with Gasteiger partial charge in [-0.1, -0.05) is 22.0 Å². The molecule has 0 spiro atoms. The van der Waals surface area contributed by atoms with E-state index in [4.69, 9.17) is 0 Å². The van der Waals surface area contributed by atoms with Crippen LogP contribution in [-0.2, 0) is 6.54 Å². The SMILES string of the molecule is Brc1ccc(Br)c(NCc2ccc(Br)c(Br)c2)c1. The standard InChI is InChI=1S/C13H9Br4N/c14-9-2-4-11(16)13(6-9)18-7-8-1-3-10(15)12(17)5-8/h1-6,18H,7H2. The average molecular weight is 499 g/mol. The van der Waals surface area contributed by atoms with Crippen LogP contribution >= 0.6 is 63.7 Å². The fourth-order valence-electron chi connectivity index (χ4n) is 1.48. The van der Waals surface area contributed by atoms with Crippen LogP contribution in [0.25, 0.3) is 0 Å². The number of rotatable bonds is 3. The second-order valence-corrected chi connectivity index (χ2v) is 7.20. The molecule has 0 aliphatic heterocycles. The van der Waals surface area contributed by atoms with Crippen molar-refractivity contribution in [3.05, 3.63) is 59.9 Å². The molecule has 2 aromatic rings. The Labute approximate surface area is 140 Å². The molecule has 2 rings (SSSR count). The largest absolute Gasteiger partial charge is 0.380 e. The summed E-state index contributed by atoms with van der Waals surface area (Å²) >= 11 is 14.0. The summed E-state index contributed by atoms with van der Waals surface area (Å²) in [6.45, 7) is 0.779. The van der Waals surface area contributed by atoms with Crippen LogP contribution in [0.4, 0.5) is 5.69 Å². The Hall–Kier alpha value is 0.160. The molecule has 2 aromatic carbocycles. The Morgan fingerprint density at radius 2 is 1.50 bits per heavy atom. The van der Waals surface area contributed by atoms with E-state index in [0.717, 1.165) is 30.1 Å². The predicted octanol–water partition coefficient (Wildman–Crippen LogP) is 6.35. The zero-order chi connectivity index (χ0) is 13.1. The normalized spacial score (nSPS) is 10.4. The van der Waals surface area contributed by atoms with E-state index in [2.05, 4.69) is 87.2 Å². The van der Waals surface area contributed by atoms with E-state index in [0.29, 0.717) is 0 Å². The maximum absolute atomic E-state index is 3.53. The molecule has 0 saturated heterocycles. The smallest absolute Gasteiger partial charge is 0.0498 e. The molecule has 0 heterocycles. The van der Waals surface area contributed by atoms with E-state index < -0.39 is 0 Å². The van der Waals surface area contributed by atoms with Crippen molar-refractivity contribution in [2.75, 3.05) is 5.32 Å². The second kappa shape index (κ2) is 6.55. The van der Waals surface area contributed by atoms with Crippen molar-refractivity contribution in [1.82, 2.24) is 0 Å². The van der Waals surface area contributed by atoms with Crippen LogP contribution in [0.1, 0.15) is 5.56 Å². The summed E-state index contributed by atoms with van der Waals surface area (Å²) in [5.74, 6) is 0. The average Bonchev–Trinajstić information content (AvgIpc) is 2.34. The van der Waals surface area contributed by atoms with Crippen molar-refractivity contribution >= 4 is 69.4 Å². The molecule has 1 N–H and O–H groups in total. The van der Waals surface area contributed by atoms with Gasteiger partial charge in [-0.2, -0.15) is 0 Å². The molecular weight excluding hydrogens is 490 g/mol. The Morgan fingerprint density at radius 3 is 2.22 bits per heavy atom. The van der Waals surface area contributed by atoms with Crippen LogP contribution in [0.3, 0.4) is 0 Å². The number of nitrogens with one attached hydrogen (secondary N) is 1. The van der Waals surface area contributed by atoms with Gasteiger partial charge in [0.15, 0.2) is 0 Å². The van der Waals surface area contributed by atoms with Crippen molar-refractivity contribution in [2.24, 2.45) is 0 Å². The Morgan fingerprint density at radius 1 is 0.778 bits per heavy atom. The van der Waals surface area contributed by atoms with E-state index in [1.165, 1.54) is 5.56 Å². The number of anilines is 1. The summed E-state index contributed by atoms with van der Waals surface area (Å²) in [5, 5.41) is 3.40. The Bertz CT molecular complexity index is 569. The van der Waals surface area contributed by atoms with Crippen molar-refractivity contribution in [3.8, 4) is 0 Å². The molecule has 0 amide bonds. The highest BCUT2D eigenvalue weighted by Crippen LogP contribution is 2.28. The zero-order valence-corrected chi connectivity index (χ0v) is 15.5. The topological polar surface area (TPSA) is 12.0 Å². The van der Waals surface area contributed by atoms with Gasteiger partial charge in [-0.05, 0) is 83.7 Å². The minimum absolute atomic E-state index is 0.779. The third-order valence-corrected chi connectivity index (χ3v) is 5.46. The first-order valence-corrected chi connectivity index (χ1v) is 8.36. The van der Waals surface area contributed by atoms with Crippen LogP contribution in [0.2, 0.25) is 0 Å². The maximum atomic E-state index is 3.53. The molecule has 5 heteroatoms. The van der Waals surface area contributed by atoms with Gasteiger partial charge in [0.1, 0.15) is 0 Å². The fraction of sp³-hybridized carbons (Fsp3) is 0.0769. The number of hydrogen-bond donors (Lipinski definition) is 1. The monoisotopic (exact) mass is 495 g/mol. The summed E-state index contributed by atoms with van der Waals surface area (Å²) in [5.41, 5.74) is 2.29. The molecule has 0 atom stereocenters. The summed E-state index contributed by atoms with van der Waals surface area (Å²) in [7, 11) is 0. The van der Waals surface area contributed by atoms with Crippen molar-refractivity contribution < 1.29 is 0 Å². The van der Waals surface area contributed by atoms with Crippen LogP contribution in [0.5, 0.6) is 0 Å². The molecule has 1 nitrogen and oxygen atoms in total. The lowest BCUT2D eigenvalue weighted by Gasteiger charge is -2.10. The highest BCUT2D eigenvalue weighted by Gasteiger charge is 2.02. The van der Waals surface area contributed by atoms with Gasteiger partial charge in [0.05, 0.1) is 0 Å². The van der Waals surface area contributed by atoms with Crippen LogP contribution in [0.15, 0.2) is 54.3 Å². The maximum Gasteiger partial charge on any atom is 0.0498 e. The summed E-state index contributed by atoms with van der Waals surface area (Å²) < 4.78 is 4.25. The van der Waals surface area contributed by atoms with E-state index in [1.807, 2.05) is 18.2 Å². The Balaban J connectivity index is 2.11. The molecule has 18 heavy (non-hydrogen) atoms. The van der Waals surface area contributed by atoms with Gasteiger partial charge in [-0.3, -0.25) is 0 Å². The molecule has 94 valence electrons. The fourth-order valence-corrected chi connectivity index (χ4v) is 2.90. The van der Waals surface area contributed by atoms with E-state index >= 15 is 0 Å². The lowest BCUT2D eigenvalue weighted by molar-refractivity contribution is 1.14. The first kappa shape index (κ1) is 14.6. The zero-order valence-electron chi connectivity index (χ0n) is 9.18. The van der Waals surface area contributed by atoms with Gasteiger partial charge in [0.2, 0.25) is 0 Å². The summed E-state index contributed by atoms with van der Waals surface area (Å²) in [4.78, 5) is 0. The van der Waals surface area contributed by atoms with Gasteiger partial charge >= 0.3 is 0 Å². The van der Waals surface area contributed by atoms with Crippen molar-refractivity contribution in [3.63, 3.8) is 0 Å². The molecule has 0 saturated carbocycles. The van der Waals surface area contributed by atoms with Crippen LogP contribution in [-0.4, -0.2) is 0 Å². The molecule has 0 unspecified atom stereocenters. The minimum atomic E-state index is 0.779. The minimum Gasteiger partial charge on any atom is -0.380 e. The lowest BCUT2D eigenvalue weighted by Crippen LogP contribution is -2.00. The number of benzene rings is 2. The van der Waals surface area contributed by atoms with Gasteiger partial charge in [-0.15, -0.1) is 0 Å². The van der Waals surface area contributed by atoms with Gasteiger partial charge < -0.3 is 5.32 Å². The van der Waals surface area contributed by atoms with E-state index in [9.17, 15) is 0 Å². The van der Waals surface area contributed by atoms with E-state index in [1.54, 1.807) is 0 Å². The third kappa shape index (κ3) is 3.83. The van der Waals surface area contributed by atoms with Gasteiger partial charge in [-0.25, -0.2) is 0 Å². The third-order valence-electron chi connectivity index (χ3n) is 2.40. The number of halogens is 4. The van der Waals surface area contributed by atoms with Crippen LogP contribution in [0, 0.1) is 0 Å². The molecule has 0 radical (unpaired) electrons. The molecular formula is C13H9Br4N. The first-order valence-electron chi connectivity index (χ1n) is 5.19. The quantitative estimate of drug-likeness (QED) is 0.520. The van der Waals surface area contributed by atoms with E-state index in [-0.39, 0.29) is 0 Å². The predicted molar refractivity (Wildman–Crippen MR) is 91.0 cm³/mol. The molecule has 0 aromatic heterocycles. The first-order chi connectivity index (χ1) is 8.56. The van der Waals surface area contributed by atoms with Crippen molar-refractivity contribution in [2.45, 2.75) is 6.54 Å². The molecule has 0 aliphatic carbocycles. The molecule has 0 fully saturated rings.